The molecule has 0 bridgehead atoms. The van der Waals surface area contributed by atoms with Crippen LogP contribution in [-0.4, -0.2) is 131 Å². The van der Waals surface area contributed by atoms with Crippen LogP contribution < -0.4 is 0 Å². The number of ether oxygens (including phenoxy) is 2. The Balaban J connectivity index is 1.60. The van der Waals surface area contributed by atoms with Gasteiger partial charge in [0.25, 0.3) is 0 Å². The van der Waals surface area contributed by atoms with E-state index in [4.69, 9.17) is 0 Å². The van der Waals surface area contributed by atoms with E-state index >= 15 is 0 Å². The molecule has 0 atom stereocenters. The zero-order valence-electron chi connectivity index (χ0n) is 39.3. The first-order chi connectivity index (χ1) is 37.9. The molecule has 0 saturated heterocycles. The fraction of sp³-hybridized carbons (Fsp3) is 0.537. The van der Waals surface area contributed by atoms with Crippen LogP contribution in [0.1, 0.15) is 21.5 Å². The summed E-state index contributed by atoms with van der Waals surface area (Å²) in [6.07, 6.45) is -16.2. The number of alkyl halides is 38. The number of carboxylic acids is 1. The maximum absolute atomic E-state index is 14.6. The van der Waals surface area contributed by atoms with E-state index in [0.29, 0.717) is 34.0 Å². The Kier molecular flexibility index (Phi) is 18.7. The predicted molar refractivity (Wildman–Crippen MR) is 214 cm³/mol. The molecule has 3 aromatic heterocycles. The van der Waals surface area contributed by atoms with Crippen molar-refractivity contribution >= 4 is 40.0 Å². The molecule has 0 fully saturated rings. The highest BCUT2D eigenvalue weighted by atomic mass is 32.1. The summed E-state index contributed by atoms with van der Waals surface area (Å²) in [6.45, 7) is -9.95. The number of benzene rings is 1. The Morgan fingerprint density at radius 1 is 0.360 bits per heavy atom. The smallest absolute Gasteiger partial charge is 0.460 e. The van der Waals surface area contributed by atoms with Gasteiger partial charge in [-0.15, -0.1) is 34.0 Å². The minimum atomic E-state index is -9.19. The third-order valence-corrected chi connectivity index (χ3v) is 14.9. The summed E-state index contributed by atoms with van der Waals surface area (Å²) in [5, 5.41) is 10.9. The Labute approximate surface area is 459 Å². The van der Waals surface area contributed by atoms with Crippen molar-refractivity contribution in [3.05, 3.63) is 69.9 Å². The van der Waals surface area contributed by atoms with Crippen LogP contribution in [0.25, 0.3) is 30.6 Å². The number of hydrogen-bond acceptors (Lipinski definition) is 6. The number of carboxylic acid groups (broad SMARTS) is 1. The summed E-state index contributed by atoms with van der Waals surface area (Å²) >= 11 is 1.45. The van der Waals surface area contributed by atoms with E-state index in [2.05, 4.69) is 9.47 Å². The first kappa shape index (κ1) is 73.5. The highest BCUT2D eigenvalue weighted by Crippen LogP contribution is 2.68. The molecular weight excluding hydrogens is 1370 g/mol. The highest BCUT2D eigenvalue weighted by molar-refractivity contribution is 7.26. The average molecular weight is 1390 g/mol. The molecule has 45 heteroatoms. The van der Waals surface area contributed by atoms with Crippen molar-refractivity contribution < 1.29 is 186 Å². The molecule has 3 heterocycles. The third kappa shape index (κ3) is 11.0. The van der Waals surface area contributed by atoms with Gasteiger partial charge in [-0.3, -0.25) is 0 Å². The molecule has 4 aromatic rings. The number of carbonyl (C=O) groups is 1. The molecule has 4 rings (SSSR count). The van der Waals surface area contributed by atoms with Crippen LogP contribution in [0.4, 0.5) is 167 Å². The molecule has 1 aromatic carbocycles. The second-order valence-electron chi connectivity index (χ2n) is 17.3. The molecular formula is C41H18F38O4S3. The highest BCUT2D eigenvalue weighted by Gasteiger charge is 2.98. The van der Waals surface area contributed by atoms with Gasteiger partial charge in [-0.25, -0.2) is 4.79 Å². The number of halogens is 38. The maximum atomic E-state index is 14.6. The minimum absolute atomic E-state index is 0.0143. The minimum Gasteiger partial charge on any atom is -0.478 e. The lowest BCUT2D eigenvalue weighted by atomic mass is 9.87. The van der Waals surface area contributed by atoms with Gasteiger partial charge in [0.1, 0.15) is 13.2 Å². The molecule has 86 heavy (non-hydrogen) atoms. The summed E-state index contributed by atoms with van der Waals surface area (Å²) in [6, 6.07) is 6.72. The van der Waals surface area contributed by atoms with Gasteiger partial charge in [0.05, 0.1) is 23.7 Å². The third-order valence-electron chi connectivity index (χ3n) is 11.4. The fourth-order valence-electron chi connectivity index (χ4n) is 6.42. The van der Waals surface area contributed by atoms with Gasteiger partial charge in [-0.05, 0) is 57.8 Å². The second-order valence-corrected chi connectivity index (χ2v) is 20.2. The molecule has 0 spiro atoms. The van der Waals surface area contributed by atoms with Crippen LogP contribution in [0.2, 0.25) is 0 Å². The van der Waals surface area contributed by atoms with Crippen LogP contribution in [0, 0.1) is 0 Å². The van der Waals surface area contributed by atoms with E-state index in [1.807, 2.05) is 0 Å². The van der Waals surface area contributed by atoms with Crippen molar-refractivity contribution in [2.75, 3.05) is 13.2 Å². The van der Waals surface area contributed by atoms with Gasteiger partial charge in [-0.2, -0.15) is 167 Å². The summed E-state index contributed by atoms with van der Waals surface area (Å²) in [4.78, 5) is 10.9. The van der Waals surface area contributed by atoms with E-state index in [1.54, 1.807) is 0 Å². The van der Waals surface area contributed by atoms with E-state index < -0.39 is 156 Å². The van der Waals surface area contributed by atoms with Crippen LogP contribution >= 0.6 is 34.0 Å². The number of rotatable bonds is 26. The molecule has 0 unspecified atom stereocenters. The zero-order valence-corrected chi connectivity index (χ0v) is 41.7. The van der Waals surface area contributed by atoms with Crippen LogP contribution in [-0.2, 0) is 22.7 Å². The van der Waals surface area contributed by atoms with E-state index in [1.165, 1.54) is 0 Å². The van der Waals surface area contributed by atoms with Crippen molar-refractivity contribution in [3.8, 4) is 30.6 Å². The lowest BCUT2D eigenvalue weighted by Crippen LogP contribution is -2.76. The van der Waals surface area contributed by atoms with Crippen molar-refractivity contribution in [2.45, 2.75) is 120 Å². The summed E-state index contributed by atoms with van der Waals surface area (Å²) in [7, 11) is 0. The van der Waals surface area contributed by atoms with Crippen molar-refractivity contribution in [1.82, 2.24) is 0 Å². The first-order valence-corrected chi connectivity index (χ1v) is 23.4. The van der Waals surface area contributed by atoms with Crippen LogP contribution in [0.3, 0.4) is 0 Å². The quantitative estimate of drug-likeness (QED) is 0.0637. The number of aromatic carboxylic acids is 1. The van der Waals surface area contributed by atoms with Crippen molar-refractivity contribution in [3.63, 3.8) is 0 Å². The normalized spacial score (nSPS) is 15.5. The molecule has 4 nitrogen and oxygen atoms in total. The van der Waals surface area contributed by atoms with E-state index in [9.17, 15) is 177 Å². The zero-order chi connectivity index (χ0) is 67.5. The predicted octanol–water partition coefficient (Wildman–Crippen LogP) is 18.9. The monoisotopic (exact) mass is 1390 g/mol. The second kappa shape index (κ2) is 21.9. The average Bonchev–Trinajstić information content (AvgIpc) is 1.35. The summed E-state index contributed by atoms with van der Waals surface area (Å²) in [5.74, 6) is -139. The molecule has 0 aliphatic rings. The van der Waals surface area contributed by atoms with Gasteiger partial charge >= 0.3 is 113 Å². The van der Waals surface area contributed by atoms with Gasteiger partial charge in [-0.1, -0.05) is 12.1 Å². The number of thiophene rings is 3. The molecule has 0 saturated carbocycles. The van der Waals surface area contributed by atoms with Crippen molar-refractivity contribution in [1.29, 1.82) is 0 Å². The Bertz CT molecular complexity index is 3050. The molecule has 1 N–H and O–H groups in total. The number of hydrogen-bond donors (Lipinski definition) is 1. The van der Waals surface area contributed by atoms with Crippen LogP contribution in [0.5, 0.6) is 0 Å². The summed E-state index contributed by atoms with van der Waals surface area (Å²) in [5.41, 5.74) is -1.65. The van der Waals surface area contributed by atoms with Crippen molar-refractivity contribution in [2.24, 2.45) is 0 Å². The SMILES string of the molecule is O=C(O)c1ccc(-c2cc(-c3cc(COCC(F)(F)C(F)(F)C(F)(F)C(F)(F)C(F)(F)C(F)(F)C(F)(F)C(F)(F)C(F)(F)F)cs3)sc2-c2cc(COCC(F)(F)C(F)(F)C(F)(F)C(F)(F)C(F)(F)C(F)(F)C(F)(F)C(F)(F)C(F)(F)F)cs2)cc1. The maximum Gasteiger partial charge on any atom is 0.460 e. The lowest BCUT2D eigenvalue weighted by Gasteiger charge is -2.43. The molecule has 0 amide bonds. The Hall–Kier alpha value is -4.95. The van der Waals surface area contributed by atoms with Crippen LogP contribution in [0.15, 0.2) is 53.2 Å². The first-order valence-electron chi connectivity index (χ1n) is 20.8. The molecule has 490 valence electrons. The molecule has 0 aliphatic heterocycles. The van der Waals surface area contributed by atoms with E-state index in [0.717, 1.165) is 53.2 Å². The topological polar surface area (TPSA) is 55.8 Å². The Morgan fingerprint density at radius 2 is 0.640 bits per heavy atom. The summed E-state index contributed by atoms with van der Waals surface area (Å²) < 4.78 is 530. The molecule has 0 radical (unpaired) electrons. The van der Waals surface area contributed by atoms with Gasteiger partial charge < -0.3 is 14.6 Å². The lowest BCUT2D eigenvalue weighted by molar-refractivity contribution is -0.469. The fourth-order valence-corrected chi connectivity index (χ4v) is 9.62. The largest absolute Gasteiger partial charge is 0.478 e. The van der Waals surface area contributed by atoms with Gasteiger partial charge in [0, 0.05) is 20.2 Å². The standard InChI is InChI=1S/C41H18F38O4S3/c42-24(43,26(46,47)28(50,51)30(54,55)32(58,59)34(62,63)36(66,67)38(70,71)40(74,75)76)12-82-8-14-5-19(84-10-14)20-7-18(16-1-3-17(4-2-16)23(80)81)22(86-20)21-6-15(11-85-21)9-83-13-25(44,45)27(48,49)29(52,53)31(56,57)33(60,61)35(64,65)37(68,69)39(72,73)41(77,78)79/h1-7,10-11H,8-9,12-13H2,(H,80,81). The Morgan fingerprint density at radius 3 is 0.942 bits per heavy atom. The van der Waals surface area contributed by atoms with Gasteiger partial charge in [0.2, 0.25) is 0 Å². The van der Waals surface area contributed by atoms with E-state index in [-0.39, 0.29) is 30.6 Å². The van der Waals surface area contributed by atoms with Gasteiger partial charge in [0.15, 0.2) is 0 Å². The molecule has 0 aliphatic carbocycles.